The Morgan fingerprint density at radius 1 is 1.21 bits per heavy atom. The van der Waals surface area contributed by atoms with Crippen molar-refractivity contribution in [1.29, 1.82) is 0 Å². The van der Waals surface area contributed by atoms with Crippen molar-refractivity contribution < 1.29 is 33.5 Å². The zero-order valence-corrected chi connectivity index (χ0v) is 19.0. The molecule has 0 aromatic heterocycles. The van der Waals surface area contributed by atoms with Gasteiger partial charge in [-0.2, -0.15) is 4.79 Å². The lowest BCUT2D eigenvalue weighted by Crippen LogP contribution is -2.39. The summed E-state index contributed by atoms with van der Waals surface area (Å²) in [6.07, 6.45) is 0.325. The minimum absolute atomic E-state index is 0.00813. The topological polar surface area (TPSA) is 145 Å². The zero-order valence-electron chi connectivity index (χ0n) is 19.0. The number of esters is 1. The molecule has 2 aromatic rings. The fourth-order valence-electron chi connectivity index (χ4n) is 4.02. The summed E-state index contributed by atoms with van der Waals surface area (Å²) < 4.78 is 15.6. The summed E-state index contributed by atoms with van der Waals surface area (Å²) in [5.41, 5.74) is 10.6. The minimum Gasteiger partial charge on any atom is -0.493 e. The van der Waals surface area contributed by atoms with E-state index in [0.29, 0.717) is 30.2 Å². The molecule has 11 heteroatoms. The molecule has 0 spiro atoms. The molecule has 0 aliphatic carbocycles. The molecule has 34 heavy (non-hydrogen) atoms. The first kappa shape index (κ1) is 24.4. The van der Waals surface area contributed by atoms with Crippen molar-refractivity contribution in [2.45, 2.75) is 25.8 Å². The van der Waals surface area contributed by atoms with E-state index < -0.39 is 28.4 Å². The lowest BCUT2D eigenvalue weighted by molar-refractivity contribution is -0.384. The number of fused-ring (bicyclic) bond motifs is 1. The van der Waals surface area contributed by atoms with Crippen molar-refractivity contribution >= 4 is 28.8 Å². The summed E-state index contributed by atoms with van der Waals surface area (Å²) in [6.45, 7) is 2.01. The number of nitrogens with zero attached hydrogens (tertiary/aromatic N) is 4. The van der Waals surface area contributed by atoms with Crippen LogP contribution >= 0.6 is 0 Å². The average Bonchev–Trinajstić information content (AvgIpc) is 2.84. The second kappa shape index (κ2) is 10.6. The molecule has 1 atom stereocenters. The van der Waals surface area contributed by atoms with Crippen molar-refractivity contribution in [1.82, 2.24) is 0 Å². The van der Waals surface area contributed by atoms with Crippen molar-refractivity contribution in [3.63, 3.8) is 0 Å². The van der Waals surface area contributed by atoms with Crippen molar-refractivity contribution in [3.05, 3.63) is 63.2 Å². The number of nitro benzene ring substituents is 1. The highest BCUT2D eigenvalue weighted by atomic mass is 16.6. The molecule has 0 bridgehead atoms. The Kier molecular flexibility index (Phi) is 7.60. The van der Waals surface area contributed by atoms with E-state index in [2.05, 4.69) is 4.79 Å². The van der Waals surface area contributed by atoms with E-state index in [4.69, 9.17) is 14.2 Å². The van der Waals surface area contributed by atoms with Gasteiger partial charge in [0.1, 0.15) is 0 Å². The third-order valence-electron chi connectivity index (χ3n) is 5.59. The number of non-ortho nitro benzene ring substituents is 1. The summed E-state index contributed by atoms with van der Waals surface area (Å²) in [7, 11) is 3.01. The van der Waals surface area contributed by atoms with Gasteiger partial charge < -0.3 is 24.6 Å². The summed E-state index contributed by atoms with van der Waals surface area (Å²) >= 11 is 0. The van der Waals surface area contributed by atoms with E-state index in [0.717, 1.165) is 11.1 Å². The van der Waals surface area contributed by atoms with E-state index in [-0.39, 0.29) is 18.7 Å². The molecule has 11 nitrogen and oxygen atoms in total. The number of ether oxygens (including phenoxy) is 3. The summed E-state index contributed by atoms with van der Waals surface area (Å²) in [5, 5.41) is 11.3. The van der Waals surface area contributed by atoms with Gasteiger partial charge in [-0.05, 0) is 42.7 Å². The van der Waals surface area contributed by atoms with Gasteiger partial charge in [-0.15, -0.1) is 0 Å². The molecule has 0 N–H and O–H groups in total. The van der Waals surface area contributed by atoms with Gasteiger partial charge in [-0.1, -0.05) is 6.07 Å². The number of rotatable bonds is 9. The van der Waals surface area contributed by atoms with Gasteiger partial charge in [0.25, 0.3) is 11.5 Å². The van der Waals surface area contributed by atoms with Crippen LogP contribution in [0.25, 0.3) is 5.53 Å². The van der Waals surface area contributed by atoms with Crippen molar-refractivity contribution in [2.75, 3.05) is 32.3 Å². The molecule has 0 amide bonds. The number of nitro groups is 1. The fraction of sp³-hybridized carbons (Fsp3) is 0.348. The first-order valence-corrected chi connectivity index (χ1v) is 10.5. The SMILES string of the molecule is CCOC(=O)C(=[N+]=[N-])C(=O)CC1c2cc(OC)c(OC)cc2CCN1c1cccc([N+](=O)[O-])c1. The molecule has 0 radical (unpaired) electrons. The zero-order chi connectivity index (χ0) is 24.8. The molecule has 2 aromatic carbocycles. The van der Waals surface area contributed by atoms with Crippen LogP contribution in [0.3, 0.4) is 0 Å². The van der Waals surface area contributed by atoms with E-state index in [1.54, 1.807) is 25.1 Å². The van der Waals surface area contributed by atoms with Crippen LogP contribution in [-0.2, 0) is 20.7 Å². The molecule has 0 fully saturated rings. The Labute approximate surface area is 195 Å². The van der Waals surface area contributed by atoms with Gasteiger partial charge in [-0.25, -0.2) is 4.79 Å². The molecule has 178 valence electrons. The standard InChI is InChI=1S/C23H24N4O7/c1-4-34-23(29)22(25-24)19(28)13-18-17-12-21(33-3)20(32-2)10-14(17)8-9-26(18)15-6-5-7-16(11-15)27(30)31/h5-7,10-12,18H,4,8-9,13H2,1-3H3. The maximum Gasteiger partial charge on any atom is 0.441 e. The summed E-state index contributed by atoms with van der Waals surface area (Å²) in [6, 6.07) is 9.02. The number of benzene rings is 2. The van der Waals surface area contributed by atoms with Gasteiger partial charge >= 0.3 is 11.7 Å². The second-order valence-corrected chi connectivity index (χ2v) is 7.44. The van der Waals surface area contributed by atoms with Crippen LogP contribution < -0.4 is 14.4 Å². The van der Waals surface area contributed by atoms with E-state index >= 15 is 0 Å². The van der Waals surface area contributed by atoms with E-state index in [1.165, 1.54) is 26.4 Å². The van der Waals surface area contributed by atoms with Crippen LogP contribution in [0, 0.1) is 10.1 Å². The average molecular weight is 468 g/mol. The quantitative estimate of drug-likeness (QED) is 0.104. The Bertz CT molecular complexity index is 1170. The Morgan fingerprint density at radius 3 is 2.53 bits per heavy atom. The third-order valence-corrected chi connectivity index (χ3v) is 5.59. The highest BCUT2D eigenvalue weighted by molar-refractivity contribution is 6.62. The Morgan fingerprint density at radius 2 is 1.91 bits per heavy atom. The predicted octanol–water partition coefficient (Wildman–Crippen LogP) is 2.91. The number of carbonyl (C=O) groups is 2. The molecular formula is C23H24N4O7. The predicted molar refractivity (Wildman–Crippen MR) is 121 cm³/mol. The number of hydrogen-bond donors (Lipinski definition) is 0. The van der Waals surface area contributed by atoms with Crippen LogP contribution in [0.2, 0.25) is 0 Å². The number of ketones is 1. The van der Waals surface area contributed by atoms with Gasteiger partial charge in [-0.3, -0.25) is 14.9 Å². The first-order valence-electron chi connectivity index (χ1n) is 10.5. The molecule has 0 saturated heterocycles. The molecule has 1 aliphatic rings. The molecule has 0 saturated carbocycles. The number of Topliss-reactive ketones (excluding diaryl/α,β-unsaturated/α-hetero) is 1. The first-order chi connectivity index (χ1) is 16.3. The number of carbonyl (C=O) groups excluding carboxylic acids is 2. The second-order valence-electron chi connectivity index (χ2n) is 7.44. The number of methoxy groups -OCH3 is 2. The Hall–Kier alpha value is -4.24. The van der Waals surface area contributed by atoms with E-state index in [9.17, 15) is 25.2 Å². The van der Waals surface area contributed by atoms with Crippen LogP contribution in [-0.4, -0.2) is 54.5 Å². The molecule has 1 heterocycles. The van der Waals surface area contributed by atoms with Gasteiger partial charge in [0.2, 0.25) is 0 Å². The maximum atomic E-state index is 13.0. The largest absolute Gasteiger partial charge is 0.493 e. The van der Waals surface area contributed by atoms with Crippen molar-refractivity contribution in [2.24, 2.45) is 0 Å². The number of anilines is 1. The lowest BCUT2D eigenvalue weighted by atomic mass is 9.88. The summed E-state index contributed by atoms with van der Waals surface area (Å²) in [4.78, 5) is 40.7. The molecular weight excluding hydrogens is 444 g/mol. The highest BCUT2D eigenvalue weighted by Crippen LogP contribution is 2.41. The highest BCUT2D eigenvalue weighted by Gasteiger charge is 2.38. The molecule has 3 rings (SSSR count). The van der Waals surface area contributed by atoms with Crippen LogP contribution in [0.1, 0.15) is 30.5 Å². The van der Waals surface area contributed by atoms with Crippen LogP contribution in [0.5, 0.6) is 11.5 Å². The number of hydrogen-bond acceptors (Lipinski definition) is 8. The van der Waals surface area contributed by atoms with Gasteiger partial charge in [0, 0.05) is 30.8 Å². The lowest BCUT2D eigenvalue weighted by Gasteiger charge is -2.39. The minimum atomic E-state index is -1.03. The van der Waals surface area contributed by atoms with Gasteiger partial charge in [0.05, 0.1) is 31.8 Å². The molecule has 1 unspecified atom stereocenters. The van der Waals surface area contributed by atoms with Gasteiger partial charge in [0.15, 0.2) is 11.5 Å². The monoisotopic (exact) mass is 468 g/mol. The third kappa shape index (κ3) is 4.89. The normalized spacial score (nSPS) is 14.4. The fourth-order valence-corrected chi connectivity index (χ4v) is 4.02. The Balaban J connectivity index is 2.09. The summed E-state index contributed by atoms with van der Waals surface area (Å²) in [5.74, 6) is -0.787. The van der Waals surface area contributed by atoms with E-state index in [1.807, 2.05) is 11.0 Å². The molecule has 1 aliphatic heterocycles. The smallest absolute Gasteiger partial charge is 0.441 e. The van der Waals surface area contributed by atoms with Crippen molar-refractivity contribution in [3.8, 4) is 11.5 Å². The van der Waals surface area contributed by atoms with Crippen LogP contribution in [0.15, 0.2) is 36.4 Å². The maximum absolute atomic E-state index is 13.0. The van der Waals surface area contributed by atoms with Crippen LogP contribution in [0.4, 0.5) is 11.4 Å².